The summed E-state index contributed by atoms with van der Waals surface area (Å²) < 4.78 is 0. The molecule has 0 spiro atoms. The minimum absolute atomic E-state index is 0.431. The van der Waals surface area contributed by atoms with E-state index >= 15 is 0 Å². The smallest absolute Gasteiger partial charge is 0.142 e. The minimum atomic E-state index is 0.431. The van der Waals surface area contributed by atoms with Crippen molar-refractivity contribution < 1.29 is 0 Å². The molecule has 1 aromatic rings. The summed E-state index contributed by atoms with van der Waals surface area (Å²) in [6, 6.07) is 0. The van der Waals surface area contributed by atoms with Crippen molar-refractivity contribution in [2.24, 2.45) is 0 Å². The van der Waals surface area contributed by atoms with Crippen LogP contribution >= 0.6 is 0 Å². The molecule has 38 valence electrons. The van der Waals surface area contributed by atoms with Gasteiger partial charge >= 0.3 is 0 Å². The molecule has 0 unspecified atom stereocenters. The van der Waals surface area contributed by atoms with Gasteiger partial charge in [-0.3, -0.25) is 5.10 Å². The highest BCUT2D eigenvalue weighted by Gasteiger charge is 1.89. The van der Waals surface area contributed by atoms with Gasteiger partial charge in [-0.2, -0.15) is 5.10 Å². The highest BCUT2D eigenvalue weighted by Crippen LogP contribution is 2.04. The maximum Gasteiger partial charge on any atom is 0.142 e. The Hall–Kier alpha value is -1.19. The molecule has 0 radical (unpaired) electrons. The summed E-state index contributed by atoms with van der Waals surface area (Å²) in [5.41, 5.74) is 10.9. The van der Waals surface area contributed by atoms with E-state index < -0.39 is 0 Å². The van der Waals surface area contributed by atoms with Crippen molar-refractivity contribution in [2.45, 2.75) is 0 Å². The van der Waals surface area contributed by atoms with Crippen LogP contribution in [0, 0.1) is 0 Å². The summed E-state index contributed by atoms with van der Waals surface area (Å²) in [5, 5.41) is 6.02. The maximum absolute atomic E-state index is 5.22. The van der Waals surface area contributed by atoms with Crippen molar-refractivity contribution in [3.05, 3.63) is 6.20 Å². The largest absolute Gasteiger partial charge is 0.394 e. The average Bonchev–Trinajstić information content (AvgIpc) is 1.91. The van der Waals surface area contributed by atoms with Gasteiger partial charge in [0.25, 0.3) is 0 Å². The Balaban J connectivity index is 3.12. The number of nitrogens with one attached hydrogen (secondary N) is 1. The SMILES string of the molecule is Nc1cn[nH]c1N. The Bertz CT molecular complexity index is 139. The van der Waals surface area contributed by atoms with Gasteiger partial charge in [-0.15, -0.1) is 0 Å². The molecule has 1 heterocycles. The third-order valence-electron chi connectivity index (χ3n) is 0.700. The number of anilines is 2. The van der Waals surface area contributed by atoms with E-state index in [-0.39, 0.29) is 0 Å². The van der Waals surface area contributed by atoms with E-state index in [1.165, 1.54) is 6.20 Å². The number of nitrogens with two attached hydrogens (primary N) is 2. The zero-order valence-corrected chi connectivity index (χ0v) is 3.68. The van der Waals surface area contributed by atoms with Gasteiger partial charge in [0.1, 0.15) is 5.82 Å². The van der Waals surface area contributed by atoms with Crippen LogP contribution in [0.5, 0.6) is 0 Å². The fourth-order valence-electron chi connectivity index (χ4n) is 0.305. The van der Waals surface area contributed by atoms with Crippen LogP contribution in [0.25, 0.3) is 0 Å². The van der Waals surface area contributed by atoms with E-state index in [0.717, 1.165) is 0 Å². The van der Waals surface area contributed by atoms with Crippen LogP contribution < -0.4 is 11.5 Å². The molecule has 4 nitrogen and oxygen atoms in total. The molecule has 5 N–H and O–H groups in total. The maximum atomic E-state index is 5.22. The Labute approximate surface area is 40.5 Å². The Kier molecular flexibility index (Phi) is 0.651. The lowest BCUT2D eigenvalue weighted by Crippen LogP contribution is -1.89. The Morgan fingerprint density at radius 1 is 1.57 bits per heavy atom. The molecule has 0 aromatic carbocycles. The summed E-state index contributed by atoms with van der Waals surface area (Å²) in [7, 11) is 0. The first-order valence-electron chi connectivity index (χ1n) is 1.85. The number of rotatable bonds is 0. The van der Waals surface area contributed by atoms with Crippen molar-refractivity contribution in [1.29, 1.82) is 0 Å². The van der Waals surface area contributed by atoms with Gasteiger partial charge < -0.3 is 11.5 Å². The minimum Gasteiger partial charge on any atom is -0.394 e. The predicted octanol–water partition coefficient (Wildman–Crippen LogP) is -0.426. The zero-order valence-electron chi connectivity index (χ0n) is 3.68. The van der Waals surface area contributed by atoms with Crippen molar-refractivity contribution in [2.75, 3.05) is 11.5 Å². The van der Waals surface area contributed by atoms with E-state index in [0.29, 0.717) is 11.5 Å². The first kappa shape index (κ1) is 3.98. The molecule has 0 aliphatic rings. The van der Waals surface area contributed by atoms with Gasteiger partial charge in [0.2, 0.25) is 0 Å². The zero-order chi connectivity index (χ0) is 5.28. The van der Waals surface area contributed by atoms with Crippen LogP contribution in [0.2, 0.25) is 0 Å². The predicted molar refractivity (Wildman–Crippen MR) is 27.4 cm³/mol. The molecule has 1 aromatic heterocycles. The first-order valence-corrected chi connectivity index (χ1v) is 1.85. The van der Waals surface area contributed by atoms with Gasteiger partial charge in [0, 0.05) is 0 Å². The van der Waals surface area contributed by atoms with Crippen molar-refractivity contribution in [1.82, 2.24) is 10.2 Å². The molecule has 0 saturated heterocycles. The third kappa shape index (κ3) is 0.489. The van der Waals surface area contributed by atoms with Gasteiger partial charge in [-0.1, -0.05) is 0 Å². The number of aromatic nitrogens is 2. The monoisotopic (exact) mass is 98.1 g/mol. The third-order valence-corrected chi connectivity index (χ3v) is 0.700. The van der Waals surface area contributed by atoms with Crippen molar-refractivity contribution in [3.8, 4) is 0 Å². The lowest BCUT2D eigenvalue weighted by Gasteiger charge is -1.80. The fraction of sp³-hybridized carbons (Fsp3) is 0. The molecule has 0 saturated carbocycles. The second-order valence-corrected chi connectivity index (χ2v) is 1.24. The second kappa shape index (κ2) is 1.14. The summed E-state index contributed by atoms with van der Waals surface area (Å²) in [6.07, 6.45) is 1.47. The average molecular weight is 98.1 g/mol. The first-order chi connectivity index (χ1) is 3.30. The van der Waals surface area contributed by atoms with Crippen molar-refractivity contribution >= 4 is 11.5 Å². The van der Waals surface area contributed by atoms with Crippen LogP contribution in [0.4, 0.5) is 11.5 Å². The van der Waals surface area contributed by atoms with E-state index in [1.807, 2.05) is 0 Å². The number of nitrogens with zero attached hydrogens (tertiary/aromatic N) is 1. The lowest BCUT2D eigenvalue weighted by atomic mass is 10.6. The molecule has 0 amide bonds. The number of hydrogen-bond acceptors (Lipinski definition) is 3. The second-order valence-electron chi connectivity index (χ2n) is 1.24. The molecule has 0 bridgehead atoms. The van der Waals surface area contributed by atoms with Crippen LogP contribution in [0.1, 0.15) is 0 Å². The molecule has 7 heavy (non-hydrogen) atoms. The summed E-state index contributed by atoms with van der Waals surface area (Å²) >= 11 is 0. The van der Waals surface area contributed by atoms with E-state index in [9.17, 15) is 0 Å². The van der Waals surface area contributed by atoms with Gasteiger partial charge in [0.15, 0.2) is 0 Å². The highest BCUT2D eigenvalue weighted by molar-refractivity contribution is 5.55. The quantitative estimate of drug-likeness (QED) is 0.412. The molecule has 0 fully saturated rings. The van der Waals surface area contributed by atoms with Crippen LogP contribution in [0.3, 0.4) is 0 Å². The highest BCUT2D eigenvalue weighted by atomic mass is 15.2. The number of H-pyrrole nitrogens is 1. The normalized spacial score (nSPS) is 9.14. The summed E-state index contributed by atoms with van der Waals surface area (Å²) in [6.45, 7) is 0. The number of aromatic amines is 1. The standard InChI is InChI=1S/C3H6N4/c4-2-1-6-7-3(2)5/h1H,4H2,(H3,5,6,7). The van der Waals surface area contributed by atoms with E-state index in [4.69, 9.17) is 11.5 Å². The van der Waals surface area contributed by atoms with E-state index in [2.05, 4.69) is 10.2 Å². The summed E-state index contributed by atoms with van der Waals surface area (Å²) in [4.78, 5) is 0. The fourth-order valence-corrected chi connectivity index (χ4v) is 0.305. The van der Waals surface area contributed by atoms with Crippen LogP contribution in [-0.2, 0) is 0 Å². The molecule has 4 heteroatoms. The summed E-state index contributed by atoms with van der Waals surface area (Å²) in [5.74, 6) is 0.431. The molecule has 0 atom stereocenters. The molecule has 0 aliphatic heterocycles. The molecule has 1 rings (SSSR count). The number of nitrogen functional groups attached to an aromatic ring is 2. The van der Waals surface area contributed by atoms with Crippen LogP contribution in [-0.4, -0.2) is 10.2 Å². The molecular weight excluding hydrogens is 92.1 g/mol. The number of hydrogen-bond donors (Lipinski definition) is 3. The van der Waals surface area contributed by atoms with E-state index in [1.54, 1.807) is 0 Å². The van der Waals surface area contributed by atoms with Crippen LogP contribution in [0.15, 0.2) is 6.20 Å². The van der Waals surface area contributed by atoms with Gasteiger partial charge in [-0.25, -0.2) is 0 Å². The van der Waals surface area contributed by atoms with Crippen molar-refractivity contribution in [3.63, 3.8) is 0 Å². The molecular formula is C3H6N4. The Morgan fingerprint density at radius 2 is 2.29 bits per heavy atom. The molecule has 0 aliphatic carbocycles. The lowest BCUT2D eigenvalue weighted by molar-refractivity contribution is 1.10. The topological polar surface area (TPSA) is 80.7 Å². The van der Waals surface area contributed by atoms with Gasteiger partial charge in [0.05, 0.1) is 11.9 Å². The Morgan fingerprint density at radius 3 is 2.43 bits per heavy atom. The van der Waals surface area contributed by atoms with Gasteiger partial charge in [-0.05, 0) is 0 Å².